The molecule has 0 amide bonds. The van der Waals surface area contributed by atoms with Crippen molar-refractivity contribution < 1.29 is 18.3 Å². The monoisotopic (exact) mass is 258 g/mol. The summed E-state index contributed by atoms with van der Waals surface area (Å²) in [7, 11) is -0.758. The zero-order chi connectivity index (χ0) is 13.2. The van der Waals surface area contributed by atoms with E-state index in [2.05, 4.69) is 4.72 Å². The molecular formula is C10H14N2O4S. The summed E-state index contributed by atoms with van der Waals surface area (Å²) < 4.78 is 26.4. The number of nitrogens with one attached hydrogen (secondary N) is 1. The molecule has 0 saturated carbocycles. The third-order valence-corrected chi connectivity index (χ3v) is 3.64. The van der Waals surface area contributed by atoms with Crippen LogP contribution in [0.5, 0.6) is 0 Å². The van der Waals surface area contributed by atoms with Crippen LogP contribution < -0.4 is 4.72 Å². The molecule has 0 aliphatic carbocycles. The van der Waals surface area contributed by atoms with Crippen molar-refractivity contribution in [1.82, 2.24) is 4.31 Å². The molecule has 0 aliphatic heterocycles. The minimum Gasteiger partial charge on any atom is -0.478 e. The van der Waals surface area contributed by atoms with E-state index in [4.69, 9.17) is 5.11 Å². The molecular weight excluding hydrogens is 244 g/mol. The molecule has 0 unspecified atom stereocenters. The number of aryl methyl sites for hydroxylation is 1. The van der Waals surface area contributed by atoms with E-state index in [1.165, 1.54) is 32.3 Å². The smallest absolute Gasteiger partial charge is 0.335 e. The lowest BCUT2D eigenvalue weighted by atomic mass is 10.1. The standard InChI is InChI=1S/C10H14N2O4S/c1-7-6-8(4-5-9(7)10(13)14)11-17(15,16)12(2)3/h4-6,11H,1-3H3,(H,13,14). The maximum Gasteiger partial charge on any atom is 0.335 e. The third-order valence-electron chi connectivity index (χ3n) is 2.18. The normalized spacial score (nSPS) is 11.5. The molecule has 0 spiro atoms. The zero-order valence-electron chi connectivity index (χ0n) is 9.76. The Morgan fingerprint density at radius 3 is 2.35 bits per heavy atom. The van der Waals surface area contributed by atoms with Crippen LogP contribution in [0.3, 0.4) is 0 Å². The summed E-state index contributed by atoms with van der Waals surface area (Å²) in [6, 6.07) is 4.26. The molecule has 6 nitrogen and oxygen atoms in total. The summed E-state index contributed by atoms with van der Waals surface area (Å²) in [6.07, 6.45) is 0. The van der Waals surface area contributed by atoms with E-state index >= 15 is 0 Å². The predicted octanol–water partition coefficient (Wildman–Crippen LogP) is 0.912. The Bertz CT molecular complexity index is 537. The summed E-state index contributed by atoms with van der Waals surface area (Å²) in [5.41, 5.74) is 0.982. The molecule has 17 heavy (non-hydrogen) atoms. The molecule has 0 radical (unpaired) electrons. The number of hydrogen-bond acceptors (Lipinski definition) is 3. The average molecular weight is 258 g/mol. The largest absolute Gasteiger partial charge is 0.478 e. The average Bonchev–Trinajstić information content (AvgIpc) is 2.15. The molecule has 0 bridgehead atoms. The third kappa shape index (κ3) is 3.18. The van der Waals surface area contributed by atoms with Gasteiger partial charge in [-0.25, -0.2) is 4.79 Å². The SMILES string of the molecule is Cc1cc(NS(=O)(=O)N(C)C)ccc1C(=O)O. The Morgan fingerprint density at radius 2 is 1.94 bits per heavy atom. The van der Waals surface area contributed by atoms with Crippen molar-refractivity contribution in [3.8, 4) is 0 Å². The van der Waals surface area contributed by atoms with Gasteiger partial charge in [-0.05, 0) is 30.7 Å². The van der Waals surface area contributed by atoms with Crippen LogP contribution >= 0.6 is 0 Å². The van der Waals surface area contributed by atoms with Crippen molar-refractivity contribution in [1.29, 1.82) is 0 Å². The molecule has 94 valence electrons. The van der Waals surface area contributed by atoms with Gasteiger partial charge < -0.3 is 5.11 Å². The van der Waals surface area contributed by atoms with Crippen molar-refractivity contribution in [2.75, 3.05) is 18.8 Å². The topological polar surface area (TPSA) is 86.7 Å². The molecule has 0 aromatic heterocycles. The summed E-state index contributed by atoms with van der Waals surface area (Å²) in [6.45, 7) is 1.61. The lowest BCUT2D eigenvalue weighted by Crippen LogP contribution is -2.28. The molecule has 0 atom stereocenters. The van der Waals surface area contributed by atoms with E-state index in [0.717, 1.165) is 4.31 Å². The number of rotatable bonds is 4. The Labute approximate surface area is 100 Å². The van der Waals surface area contributed by atoms with Crippen LogP contribution in [0.1, 0.15) is 15.9 Å². The van der Waals surface area contributed by atoms with E-state index < -0.39 is 16.2 Å². The van der Waals surface area contributed by atoms with E-state index in [0.29, 0.717) is 11.3 Å². The predicted molar refractivity (Wildman–Crippen MR) is 64.4 cm³/mol. The van der Waals surface area contributed by atoms with Crippen LogP contribution in [-0.4, -0.2) is 37.9 Å². The highest BCUT2D eigenvalue weighted by Gasteiger charge is 2.14. The van der Waals surface area contributed by atoms with Crippen LogP contribution in [0.2, 0.25) is 0 Å². The quantitative estimate of drug-likeness (QED) is 0.840. The summed E-state index contributed by atoms with van der Waals surface area (Å²) in [4.78, 5) is 10.8. The van der Waals surface area contributed by atoms with Crippen molar-refractivity contribution in [2.45, 2.75) is 6.92 Å². The highest BCUT2D eigenvalue weighted by atomic mass is 32.2. The van der Waals surface area contributed by atoms with Gasteiger partial charge in [0, 0.05) is 14.1 Å². The molecule has 0 heterocycles. The number of carboxylic acid groups (broad SMARTS) is 1. The second kappa shape index (κ2) is 4.72. The van der Waals surface area contributed by atoms with Gasteiger partial charge in [0.2, 0.25) is 0 Å². The Kier molecular flexibility index (Phi) is 3.74. The van der Waals surface area contributed by atoms with E-state index in [1.54, 1.807) is 6.92 Å². The molecule has 0 saturated heterocycles. The maximum absolute atomic E-state index is 11.5. The number of carboxylic acids is 1. The molecule has 0 fully saturated rings. The van der Waals surface area contributed by atoms with Gasteiger partial charge in [0.25, 0.3) is 0 Å². The molecule has 2 N–H and O–H groups in total. The first-order chi connectivity index (χ1) is 7.74. The zero-order valence-corrected chi connectivity index (χ0v) is 10.6. The number of aromatic carboxylic acids is 1. The molecule has 1 aromatic carbocycles. The van der Waals surface area contributed by atoms with Gasteiger partial charge in [-0.2, -0.15) is 12.7 Å². The number of hydrogen-bond donors (Lipinski definition) is 2. The van der Waals surface area contributed by atoms with Crippen molar-refractivity contribution >= 4 is 21.9 Å². The maximum atomic E-state index is 11.5. The summed E-state index contributed by atoms with van der Waals surface area (Å²) >= 11 is 0. The first-order valence-corrected chi connectivity index (χ1v) is 6.22. The summed E-state index contributed by atoms with van der Waals surface area (Å²) in [5, 5.41) is 8.83. The van der Waals surface area contributed by atoms with Crippen molar-refractivity contribution in [3.05, 3.63) is 29.3 Å². The molecule has 0 aliphatic rings. The fourth-order valence-corrected chi connectivity index (χ4v) is 1.81. The second-order valence-corrected chi connectivity index (χ2v) is 5.61. The first-order valence-electron chi connectivity index (χ1n) is 4.78. The van der Waals surface area contributed by atoms with E-state index in [-0.39, 0.29) is 5.56 Å². The fourth-order valence-electron chi connectivity index (χ4n) is 1.21. The second-order valence-electron chi connectivity index (χ2n) is 3.72. The van der Waals surface area contributed by atoms with Gasteiger partial charge in [0.15, 0.2) is 0 Å². The molecule has 1 aromatic rings. The Balaban J connectivity index is 3.04. The summed E-state index contributed by atoms with van der Waals surface area (Å²) in [5.74, 6) is -1.04. The Morgan fingerprint density at radius 1 is 1.35 bits per heavy atom. The van der Waals surface area contributed by atoms with Crippen LogP contribution in [0, 0.1) is 6.92 Å². The van der Waals surface area contributed by atoms with Gasteiger partial charge >= 0.3 is 16.2 Å². The minimum atomic E-state index is -3.57. The first kappa shape index (κ1) is 13.5. The van der Waals surface area contributed by atoms with Crippen molar-refractivity contribution in [3.63, 3.8) is 0 Å². The van der Waals surface area contributed by atoms with Crippen molar-refractivity contribution in [2.24, 2.45) is 0 Å². The van der Waals surface area contributed by atoms with Gasteiger partial charge in [-0.1, -0.05) is 0 Å². The van der Waals surface area contributed by atoms with Crippen LogP contribution in [0.25, 0.3) is 0 Å². The minimum absolute atomic E-state index is 0.151. The lowest BCUT2D eigenvalue weighted by molar-refractivity contribution is 0.0696. The van der Waals surface area contributed by atoms with Crippen LogP contribution in [0.4, 0.5) is 5.69 Å². The Hall–Kier alpha value is -1.60. The highest BCUT2D eigenvalue weighted by molar-refractivity contribution is 7.90. The van der Waals surface area contributed by atoms with Crippen LogP contribution in [0.15, 0.2) is 18.2 Å². The van der Waals surface area contributed by atoms with Gasteiger partial charge in [-0.15, -0.1) is 0 Å². The number of nitrogens with zero attached hydrogens (tertiary/aromatic N) is 1. The van der Waals surface area contributed by atoms with Gasteiger partial charge in [-0.3, -0.25) is 4.72 Å². The van der Waals surface area contributed by atoms with E-state index in [1.807, 2.05) is 0 Å². The fraction of sp³-hybridized carbons (Fsp3) is 0.300. The van der Waals surface area contributed by atoms with Gasteiger partial charge in [0.1, 0.15) is 0 Å². The van der Waals surface area contributed by atoms with Crippen LogP contribution in [-0.2, 0) is 10.2 Å². The van der Waals surface area contributed by atoms with E-state index in [9.17, 15) is 13.2 Å². The number of carbonyl (C=O) groups is 1. The lowest BCUT2D eigenvalue weighted by Gasteiger charge is -2.14. The number of anilines is 1. The highest BCUT2D eigenvalue weighted by Crippen LogP contribution is 2.16. The molecule has 1 rings (SSSR count). The molecule has 7 heteroatoms. The van der Waals surface area contributed by atoms with Gasteiger partial charge in [0.05, 0.1) is 11.3 Å². The number of benzene rings is 1.